The van der Waals surface area contributed by atoms with Crippen LogP contribution in [0.5, 0.6) is 5.75 Å². The largest absolute Gasteiger partial charge is 0.495 e. The molecule has 0 saturated carbocycles. The van der Waals surface area contributed by atoms with Gasteiger partial charge >= 0.3 is 6.18 Å². The van der Waals surface area contributed by atoms with Gasteiger partial charge in [0.05, 0.1) is 23.8 Å². The average Bonchev–Trinajstić information content (AvgIpc) is 2.34. The number of methoxy groups -OCH3 is 1. The van der Waals surface area contributed by atoms with E-state index in [0.29, 0.717) is 20.4 Å². The molecular weight excluding hydrogens is 409 g/mol. The fourth-order valence-corrected chi connectivity index (χ4v) is 2.55. The van der Waals surface area contributed by atoms with Crippen molar-refractivity contribution in [2.45, 2.75) is 6.18 Å². The first-order chi connectivity index (χ1) is 9.23. The van der Waals surface area contributed by atoms with Crippen molar-refractivity contribution >= 4 is 43.5 Å². The molecule has 1 aromatic carbocycles. The molecule has 1 amide bonds. The van der Waals surface area contributed by atoms with Crippen LogP contribution in [0.3, 0.4) is 0 Å². The SMILES string of the molecule is COc1cc(NCC(=O)NCC(F)(F)F)c(Br)cc1Br. The number of carbonyl (C=O) groups excluding carboxylic acids is 1. The van der Waals surface area contributed by atoms with E-state index in [4.69, 9.17) is 4.74 Å². The molecule has 0 aliphatic heterocycles. The predicted octanol–water partition coefficient (Wildman–Crippen LogP) is 3.31. The molecule has 0 bridgehead atoms. The molecule has 9 heteroatoms. The van der Waals surface area contributed by atoms with Crippen molar-refractivity contribution in [1.29, 1.82) is 0 Å². The van der Waals surface area contributed by atoms with Gasteiger partial charge in [0.25, 0.3) is 0 Å². The molecule has 2 N–H and O–H groups in total. The molecule has 20 heavy (non-hydrogen) atoms. The highest BCUT2D eigenvalue weighted by Gasteiger charge is 2.27. The lowest BCUT2D eigenvalue weighted by Gasteiger charge is -2.12. The molecule has 0 heterocycles. The summed E-state index contributed by atoms with van der Waals surface area (Å²) in [6.45, 7) is -1.63. The minimum atomic E-state index is -4.42. The zero-order valence-electron chi connectivity index (χ0n) is 10.3. The summed E-state index contributed by atoms with van der Waals surface area (Å²) in [5, 5.41) is 4.49. The Bertz CT molecular complexity index is 495. The lowest BCUT2D eigenvalue weighted by Crippen LogP contribution is -2.37. The van der Waals surface area contributed by atoms with E-state index in [1.807, 2.05) is 0 Å². The Hall–Kier alpha value is -0.960. The van der Waals surface area contributed by atoms with E-state index >= 15 is 0 Å². The molecule has 0 unspecified atom stereocenters. The topological polar surface area (TPSA) is 50.4 Å². The Balaban J connectivity index is 2.59. The second-order valence-electron chi connectivity index (χ2n) is 3.71. The van der Waals surface area contributed by atoms with Crippen molar-refractivity contribution in [3.05, 3.63) is 21.1 Å². The molecule has 1 rings (SSSR count). The third-order valence-electron chi connectivity index (χ3n) is 2.17. The maximum absolute atomic E-state index is 11.9. The molecule has 0 atom stereocenters. The molecule has 112 valence electrons. The van der Waals surface area contributed by atoms with Crippen LogP contribution in [-0.2, 0) is 4.79 Å². The number of nitrogens with one attached hydrogen (secondary N) is 2. The number of hydrogen-bond acceptors (Lipinski definition) is 3. The fourth-order valence-electron chi connectivity index (χ4n) is 1.26. The Kier molecular flexibility index (Phi) is 6.12. The van der Waals surface area contributed by atoms with Crippen molar-refractivity contribution < 1.29 is 22.7 Å². The highest BCUT2D eigenvalue weighted by Crippen LogP contribution is 2.34. The second-order valence-corrected chi connectivity index (χ2v) is 5.42. The highest BCUT2D eigenvalue weighted by atomic mass is 79.9. The third-order valence-corrected chi connectivity index (χ3v) is 3.44. The van der Waals surface area contributed by atoms with E-state index in [1.165, 1.54) is 7.11 Å². The summed E-state index contributed by atoms with van der Waals surface area (Å²) in [5.74, 6) is -0.220. The van der Waals surface area contributed by atoms with Crippen LogP contribution in [0, 0.1) is 0 Å². The number of alkyl halides is 3. The monoisotopic (exact) mass is 418 g/mol. The Labute approximate surface area is 130 Å². The Morgan fingerprint density at radius 1 is 1.30 bits per heavy atom. The quantitative estimate of drug-likeness (QED) is 0.769. The van der Waals surface area contributed by atoms with Crippen LogP contribution in [-0.4, -0.2) is 32.3 Å². The van der Waals surface area contributed by atoms with Gasteiger partial charge in [-0.1, -0.05) is 0 Å². The van der Waals surface area contributed by atoms with Crippen LogP contribution in [0.25, 0.3) is 0 Å². The lowest BCUT2D eigenvalue weighted by atomic mass is 10.3. The standard InChI is InChI=1S/C11H11Br2F3N2O2/c1-20-9-3-8(6(12)2-7(9)13)17-4-10(19)18-5-11(14,15)16/h2-3,17H,4-5H2,1H3,(H,18,19). The molecule has 1 aromatic rings. The number of amides is 1. The maximum atomic E-state index is 11.9. The summed E-state index contributed by atoms with van der Waals surface area (Å²) in [6.07, 6.45) is -4.42. The van der Waals surface area contributed by atoms with Gasteiger partial charge in [0.2, 0.25) is 5.91 Å². The first-order valence-electron chi connectivity index (χ1n) is 5.33. The summed E-state index contributed by atoms with van der Waals surface area (Å²) in [7, 11) is 1.48. The number of halogens is 5. The Morgan fingerprint density at radius 2 is 1.95 bits per heavy atom. The Morgan fingerprint density at radius 3 is 2.50 bits per heavy atom. The molecule has 0 aliphatic rings. The first-order valence-corrected chi connectivity index (χ1v) is 6.92. The van der Waals surface area contributed by atoms with E-state index < -0.39 is 18.6 Å². The summed E-state index contributed by atoms with van der Waals surface area (Å²) in [5.41, 5.74) is 0.534. The number of ether oxygens (including phenoxy) is 1. The van der Waals surface area contributed by atoms with Crippen molar-refractivity contribution in [3.63, 3.8) is 0 Å². The summed E-state index contributed by atoms with van der Waals surface area (Å²) >= 11 is 6.55. The zero-order valence-corrected chi connectivity index (χ0v) is 13.4. The average molecular weight is 420 g/mol. The van der Waals surface area contributed by atoms with Crippen molar-refractivity contribution in [2.24, 2.45) is 0 Å². The van der Waals surface area contributed by atoms with Gasteiger partial charge in [-0.25, -0.2) is 0 Å². The maximum Gasteiger partial charge on any atom is 0.405 e. The third kappa shape index (κ3) is 5.58. The van der Waals surface area contributed by atoms with Crippen LogP contribution >= 0.6 is 31.9 Å². The number of hydrogen-bond donors (Lipinski definition) is 2. The molecule has 0 aromatic heterocycles. The molecular formula is C11H11Br2F3N2O2. The van der Waals surface area contributed by atoms with Crippen LogP contribution in [0.15, 0.2) is 21.1 Å². The zero-order chi connectivity index (χ0) is 15.3. The first kappa shape index (κ1) is 17.1. The van der Waals surface area contributed by atoms with Crippen molar-refractivity contribution in [3.8, 4) is 5.75 Å². The predicted molar refractivity (Wildman–Crippen MR) is 75.9 cm³/mol. The fraction of sp³-hybridized carbons (Fsp3) is 0.364. The van der Waals surface area contributed by atoms with Crippen molar-refractivity contribution in [1.82, 2.24) is 5.32 Å². The number of anilines is 1. The summed E-state index contributed by atoms with van der Waals surface area (Å²) in [6, 6.07) is 3.32. The van der Waals surface area contributed by atoms with E-state index in [-0.39, 0.29) is 6.54 Å². The van der Waals surface area contributed by atoms with Gasteiger partial charge in [0.1, 0.15) is 12.3 Å². The second kappa shape index (κ2) is 7.16. The number of benzene rings is 1. The van der Waals surface area contributed by atoms with Crippen LogP contribution in [0.4, 0.5) is 18.9 Å². The minimum absolute atomic E-state index is 0.278. The van der Waals surface area contributed by atoms with E-state index in [1.54, 1.807) is 17.4 Å². The molecule has 0 aliphatic carbocycles. The molecule has 0 radical (unpaired) electrons. The van der Waals surface area contributed by atoms with E-state index in [2.05, 4.69) is 37.2 Å². The van der Waals surface area contributed by atoms with Crippen molar-refractivity contribution in [2.75, 3.05) is 25.5 Å². The molecule has 0 spiro atoms. The molecule has 0 fully saturated rings. The normalized spacial score (nSPS) is 11.1. The van der Waals surface area contributed by atoms with E-state index in [9.17, 15) is 18.0 Å². The highest BCUT2D eigenvalue weighted by molar-refractivity contribution is 9.11. The number of carbonyl (C=O) groups is 1. The molecule has 0 saturated heterocycles. The van der Waals surface area contributed by atoms with Crippen LogP contribution in [0.2, 0.25) is 0 Å². The van der Waals surface area contributed by atoms with Gasteiger partial charge in [0.15, 0.2) is 0 Å². The minimum Gasteiger partial charge on any atom is -0.495 e. The van der Waals surface area contributed by atoms with Crippen LogP contribution < -0.4 is 15.4 Å². The lowest BCUT2D eigenvalue weighted by molar-refractivity contribution is -0.137. The van der Waals surface area contributed by atoms with Gasteiger partial charge in [-0.05, 0) is 37.9 Å². The van der Waals surface area contributed by atoms with E-state index in [0.717, 1.165) is 0 Å². The number of rotatable bonds is 5. The summed E-state index contributed by atoms with van der Waals surface area (Å²) < 4.78 is 42.2. The summed E-state index contributed by atoms with van der Waals surface area (Å²) in [4.78, 5) is 11.3. The van der Waals surface area contributed by atoms with Gasteiger partial charge in [-0.3, -0.25) is 4.79 Å². The van der Waals surface area contributed by atoms with Crippen LogP contribution in [0.1, 0.15) is 0 Å². The van der Waals surface area contributed by atoms with Gasteiger partial charge in [-0.15, -0.1) is 0 Å². The van der Waals surface area contributed by atoms with Gasteiger partial charge in [0, 0.05) is 10.5 Å². The van der Waals surface area contributed by atoms with Gasteiger partial charge in [-0.2, -0.15) is 13.2 Å². The molecule has 4 nitrogen and oxygen atoms in total. The smallest absolute Gasteiger partial charge is 0.405 e. The van der Waals surface area contributed by atoms with Gasteiger partial charge < -0.3 is 15.4 Å².